The maximum Gasteiger partial charge on any atom is 0.228 e. The summed E-state index contributed by atoms with van der Waals surface area (Å²) in [7, 11) is 1.99. The van der Waals surface area contributed by atoms with Gasteiger partial charge >= 0.3 is 0 Å². The molecule has 126 valence electrons. The molecule has 0 fully saturated rings. The molecule has 4 rings (SSSR count). The average molecular weight is 332 g/mol. The van der Waals surface area contributed by atoms with Crippen LogP contribution in [0.1, 0.15) is 12.0 Å². The first kappa shape index (κ1) is 15.6. The van der Waals surface area contributed by atoms with Gasteiger partial charge in [-0.15, -0.1) is 0 Å². The number of rotatable bonds is 3. The summed E-state index contributed by atoms with van der Waals surface area (Å²) in [6.07, 6.45) is 1.21. The summed E-state index contributed by atoms with van der Waals surface area (Å²) in [5.41, 5.74) is 2.85. The second kappa shape index (κ2) is 6.51. The molecule has 1 amide bonds. The van der Waals surface area contributed by atoms with E-state index in [4.69, 9.17) is 9.97 Å². The fourth-order valence-corrected chi connectivity index (χ4v) is 3.15. The monoisotopic (exact) mass is 332 g/mol. The van der Waals surface area contributed by atoms with Gasteiger partial charge in [-0.1, -0.05) is 42.5 Å². The number of aryl methyl sites for hydroxylation is 1. The van der Waals surface area contributed by atoms with Crippen LogP contribution in [-0.2, 0) is 11.2 Å². The Hall–Kier alpha value is -2.95. The van der Waals surface area contributed by atoms with E-state index in [0.29, 0.717) is 18.8 Å². The third kappa shape index (κ3) is 3.05. The summed E-state index contributed by atoms with van der Waals surface area (Å²) in [5, 5.41) is 0. The number of likely N-dealkylation sites (N-methyl/N-ethyl adjacent to an activating group) is 1. The molecule has 0 spiro atoms. The van der Waals surface area contributed by atoms with E-state index in [0.717, 1.165) is 29.8 Å². The SMILES string of the molecule is CN1CCN(C(=O)CCc2ccccc2)c2nc3ccccc3nc21. The van der Waals surface area contributed by atoms with E-state index < -0.39 is 0 Å². The van der Waals surface area contributed by atoms with Crippen LogP contribution < -0.4 is 9.80 Å². The Balaban J connectivity index is 1.62. The zero-order valence-corrected chi connectivity index (χ0v) is 14.2. The number of nitrogens with zero attached hydrogens (tertiary/aromatic N) is 4. The van der Waals surface area contributed by atoms with Crippen molar-refractivity contribution in [2.24, 2.45) is 0 Å². The molecule has 1 aromatic heterocycles. The highest BCUT2D eigenvalue weighted by atomic mass is 16.2. The number of anilines is 2. The first-order chi connectivity index (χ1) is 12.2. The van der Waals surface area contributed by atoms with Crippen LogP contribution in [0.4, 0.5) is 11.6 Å². The summed E-state index contributed by atoms with van der Waals surface area (Å²) in [5.74, 6) is 1.55. The summed E-state index contributed by atoms with van der Waals surface area (Å²) < 4.78 is 0. The molecule has 0 bridgehead atoms. The average Bonchev–Trinajstić information content (AvgIpc) is 2.66. The van der Waals surface area contributed by atoms with Gasteiger partial charge in [0, 0.05) is 26.6 Å². The van der Waals surface area contributed by atoms with Crippen molar-refractivity contribution < 1.29 is 4.79 Å². The van der Waals surface area contributed by atoms with Crippen LogP contribution in [0.3, 0.4) is 0 Å². The lowest BCUT2D eigenvalue weighted by molar-refractivity contribution is -0.118. The normalized spacial score (nSPS) is 13.8. The first-order valence-electron chi connectivity index (χ1n) is 8.54. The zero-order valence-electron chi connectivity index (χ0n) is 14.2. The highest BCUT2D eigenvalue weighted by Gasteiger charge is 2.28. The summed E-state index contributed by atoms with van der Waals surface area (Å²) >= 11 is 0. The Labute approximate surface area is 146 Å². The zero-order chi connectivity index (χ0) is 17.2. The van der Waals surface area contributed by atoms with Gasteiger partial charge in [0.05, 0.1) is 11.0 Å². The number of para-hydroxylation sites is 2. The van der Waals surface area contributed by atoms with Crippen molar-refractivity contribution in [3.63, 3.8) is 0 Å². The molecule has 0 radical (unpaired) electrons. The molecule has 5 heteroatoms. The van der Waals surface area contributed by atoms with Gasteiger partial charge in [0.25, 0.3) is 0 Å². The van der Waals surface area contributed by atoms with E-state index in [1.54, 1.807) is 4.90 Å². The molecule has 25 heavy (non-hydrogen) atoms. The van der Waals surface area contributed by atoms with Crippen molar-refractivity contribution in [1.29, 1.82) is 0 Å². The van der Waals surface area contributed by atoms with Crippen LogP contribution in [0, 0.1) is 0 Å². The highest BCUT2D eigenvalue weighted by Crippen LogP contribution is 2.31. The van der Waals surface area contributed by atoms with E-state index in [1.165, 1.54) is 5.56 Å². The van der Waals surface area contributed by atoms with E-state index in [2.05, 4.69) is 17.0 Å². The fourth-order valence-electron chi connectivity index (χ4n) is 3.15. The minimum Gasteiger partial charge on any atom is -0.355 e. The van der Waals surface area contributed by atoms with Crippen LogP contribution in [0.15, 0.2) is 54.6 Å². The highest BCUT2D eigenvalue weighted by molar-refractivity contribution is 5.97. The number of benzene rings is 2. The Morgan fingerprint density at radius 3 is 2.28 bits per heavy atom. The van der Waals surface area contributed by atoms with Crippen molar-refractivity contribution >= 4 is 28.6 Å². The Morgan fingerprint density at radius 1 is 0.920 bits per heavy atom. The van der Waals surface area contributed by atoms with E-state index in [1.807, 2.05) is 49.5 Å². The fraction of sp³-hybridized carbons (Fsp3) is 0.250. The van der Waals surface area contributed by atoms with Crippen LogP contribution in [-0.4, -0.2) is 36.0 Å². The molecule has 2 aromatic carbocycles. The van der Waals surface area contributed by atoms with Gasteiger partial charge in [0.2, 0.25) is 5.91 Å². The maximum absolute atomic E-state index is 12.8. The third-order valence-electron chi connectivity index (χ3n) is 4.58. The predicted molar refractivity (Wildman–Crippen MR) is 99.9 cm³/mol. The van der Waals surface area contributed by atoms with Crippen molar-refractivity contribution in [1.82, 2.24) is 9.97 Å². The minimum atomic E-state index is 0.0998. The number of carbonyl (C=O) groups excluding carboxylic acids is 1. The lowest BCUT2D eigenvalue weighted by atomic mass is 10.1. The molecule has 0 saturated carbocycles. The Kier molecular flexibility index (Phi) is 4.06. The lowest BCUT2D eigenvalue weighted by Gasteiger charge is -2.33. The number of hydrogen-bond donors (Lipinski definition) is 0. The smallest absolute Gasteiger partial charge is 0.228 e. The third-order valence-corrected chi connectivity index (χ3v) is 4.58. The van der Waals surface area contributed by atoms with Gasteiger partial charge in [-0.3, -0.25) is 9.69 Å². The lowest BCUT2D eigenvalue weighted by Crippen LogP contribution is -2.43. The van der Waals surface area contributed by atoms with E-state index >= 15 is 0 Å². The molecule has 1 aliphatic heterocycles. The molecule has 1 aliphatic rings. The van der Waals surface area contributed by atoms with Gasteiger partial charge in [0.15, 0.2) is 11.6 Å². The molecule has 0 aliphatic carbocycles. The topological polar surface area (TPSA) is 49.3 Å². The van der Waals surface area contributed by atoms with E-state index in [9.17, 15) is 4.79 Å². The number of aromatic nitrogens is 2. The number of amides is 1. The first-order valence-corrected chi connectivity index (χ1v) is 8.54. The van der Waals surface area contributed by atoms with Gasteiger partial charge in [-0.25, -0.2) is 9.97 Å². The van der Waals surface area contributed by atoms with Crippen LogP contribution in [0.5, 0.6) is 0 Å². The van der Waals surface area contributed by atoms with Crippen molar-refractivity contribution in [2.45, 2.75) is 12.8 Å². The second-order valence-corrected chi connectivity index (χ2v) is 6.31. The molecule has 0 saturated heterocycles. The Bertz CT molecular complexity index is 910. The molecular formula is C20H20N4O. The van der Waals surface area contributed by atoms with Gasteiger partial charge in [-0.2, -0.15) is 0 Å². The van der Waals surface area contributed by atoms with Gasteiger partial charge in [0.1, 0.15) is 0 Å². The molecule has 0 unspecified atom stereocenters. The minimum absolute atomic E-state index is 0.0998. The van der Waals surface area contributed by atoms with Crippen LogP contribution in [0.2, 0.25) is 0 Å². The summed E-state index contributed by atoms with van der Waals surface area (Å²) in [6.45, 7) is 1.40. The standard InChI is InChI=1S/C20H20N4O/c1-23-13-14-24(18(25)12-11-15-7-3-2-4-8-15)20-19(23)21-16-9-5-6-10-17(16)22-20/h2-10H,11-14H2,1H3. The van der Waals surface area contributed by atoms with Gasteiger partial charge < -0.3 is 4.90 Å². The Morgan fingerprint density at radius 2 is 1.56 bits per heavy atom. The van der Waals surface area contributed by atoms with Crippen LogP contribution >= 0.6 is 0 Å². The molecule has 0 atom stereocenters. The summed E-state index contributed by atoms with van der Waals surface area (Å²) in [6, 6.07) is 17.9. The van der Waals surface area contributed by atoms with Crippen LogP contribution in [0.25, 0.3) is 11.0 Å². The van der Waals surface area contributed by atoms with Crippen molar-refractivity contribution in [3.8, 4) is 0 Å². The maximum atomic E-state index is 12.8. The van der Waals surface area contributed by atoms with Crippen molar-refractivity contribution in [3.05, 3.63) is 60.2 Å². The molecular weight excluding hydrogens is 312 g/mol. The van der Waals surface area contributed by atoms with Gasteiger partial charge in [-0.05, 0) is 24.1 Å². The molecule has 3 aromatic rings. The number of fused-ring (bicyclic) bond motifs is 2. The molecule has 5 nitrogen and oxygen atoms in total. The summed E-state index contributed by atoms with van der Waals surface area (Å²) in [4.78, 5) is 26.1. The quantitative estimate of drug-likeness (QED) is 0.740. The second-order valence-electron chi connectivity index (χ2n) is 6.31. The largest absolute Gasteiger partial charge is 0.355 e. The van der Waals surface area contributed by atoms with Crippen molar-refractivity contribution in [2.75, 3.05) is 29.9 Å². The number of carbonyl (C=O) groups is 1. The predicted octanol–water partition coefficient (Wildman–Crippen LogP) is 3.05. The van der Waals surface area contributed by atoms with E-state index in [-0.39, 0.29) is 5.91 Å². The number of hydrogen-bond acceptors (Lipinski definition) is 4. The molecule has 2 heterocycles. The molecule has 0 N–H and O–H groups in total.